The number of para-hydroxylation sites is 1. The molecule has 2 atom stereocenters. The van der Waals surface area contributed by atoms with Gasteiger partial charge >= 0.3 is 0 Å². The Morgan fingerprint density at radius 3 is 2.46 bits per heavy atom. The number of carbonyl (C=O) groups excluding carboxylic acids is 3. The van der Waals surface area contributed by atoms with Crippen LogP contribution in [0, 0.1) is 0 Å². The third-order valence-electron chi connectivity index (χ3n) is 6.03. The fourth-order valence-corrected chi connectivity index (χ4v) is 4.07. The van der Waals surface area contributed by atoms with Crippen molar-refractivity contribution in [3.63, 3.8) is 0 Å². The number of nitrogens with one attached hydrogen (secondary N) is 2. The van der Waals surface area contributed by atoms with Crippen molar-refractivity contribution in [1.82, 2.24) is 15.2 Å². The fraction of sp³-hybridized carbons (Fsp3) is 0.357. The monoisotopic (exact) mass is 504 g/mol. The molecule has 196 valence electrons. The highest BCUT2D eigenvalue weighted by atomic mass is 16.2. The van der Waals surface area contributed by atoms with Crippen LogP contribution in [0.5, 0.6) is 0 Å². The second-order valence-electron chi connectivity index (χ2n) is 8.97. The van der Waals surface area contributed by atoms with Crippen LogP contribution < -0.4 is 22.1 Å². The molecule has 9 nitrogen and oxygen atoms in total. The smallest absolute Gasteiger partial charge is 0.247 e. The molecule has 0 unspecified atom stereocenters. The summed E-state index contributed by atoms with van der Waals surface area (Å²) in [5.74, 6) is -1.17. The standard InChI is InChI=1S/C28H36N6O3/c1-2-15-34(16-14-29)26(35)18-23(30)27(36)33-25(13-12-20-8-4-3-5-9-20)28(37)32-22-17-21-10-6-7-11-24(21)31-19-22/h3-11,17,19,23,25H,2,12-16,18,29-30H2,1H3,(H,32,37)(H,33,36)/t23-,25+/m0/s1. The van der Waals surface area contributed by atoms with Gasteiger partial charge in [0.2, 0.25) is 17.7 Å². The third-order valence-corrected chi connectivity index (χ3v) is 6.03. The van der Waals surface area contributed by atoms with Crippen LogP contribution in [0.25, 0.3) is 10.9 Å². The Kier molecular flexibility index (Phi) is 10.5. The minimum absolute atomic E-state index is 0.159. The Balaban J connectivity index is 1.69. The Labute approximate surface area is 217 Å². The SMILES string of the molecule is CCCN(CCN)C(=O)C[C@H](N)C(=O)N[C@H](CCc1ccccc1)C(=O)Nc1cnc2ccccc2c1. The predicted molar refractivity (Wildman–Crippen MR) is 146 cm³/mol. The van der Waals surface area contributed by atoms with E-state index in [1.807, 2.05) is 67.6 Å². The molecule has 0 spiro atoms. The molecule has 0 aliphatic heterocycles. The van der Waals surface area contributed by atoms with Crippen LogP contribution in [-0.2, 0) is 20.8 Å². The van der Waals surface area contributed by atoms with E-state index in [2.05, 4.69) is 15.6 Å². The van der Waals surface area contributed by atoms with Crippen LogP contribution in [0.4, 0.5) is 5.69 Å². The van der Waals surface area contributed by atoms with Crippen LogP contribution in [-0.4, -0.2) is 59.3 Å². The molecule has 0 saturated heterocycles. The highest BCUT2D eigenvalue weighted by Crippen LogP contribution is 2.17. The first kappa shape index (κ1) is 27.8. The van der Waals surface area contributed by atoms with E-state index in [1.54, 1.807) is 11.1 Å². The number of anilines is 1. The van der Waals surface area contributed by atoms with Gasteiger partial charge in [0.25, 0.3) is 0 Å². The Morgan fingerprint density at radius 2 is 1.73 bits per heavy atom. The topological polar surface area (TPSA) is 143 Å². The zero-order valence-electron chi connectivity index (χ0n) is 21.2. The lowest BCUT2D eigenvalue weighted by Crippen LogP contribution is -2.51. The third kappa shape index (κ3) is 8.37. The molecule has 1 aromatic heterocycles. The van der Waals surface area contributed by atoms with Crippen LogP contribution >= 0.6 is 0 Å². The van der Waals surface area contributed by atoms with Gasteiger partial charge in [0, 0.05) is 25.0 Å². The number of benzene rings is 2. The number of hydrogen-bond acceptors (Lipinski definition) is 6. The van der Waals surface area contributed by atoms with E-state index in [0.29, 0.717) is 38.2 Å². The number of hydrogen-bond donors (Lipinski definition) is 4. The second kappa shape index (κ2) is 14.1. The summed E-state index contributed by atoms with van der Waals surface area (Å²) in [5, 5.41) is 6.51. The Bertz CT molecular complexity index is 1180. The van der Waals surface area contributed by atoms with Gasteiger partial charge in [-0.15, -0.1) is 0 Å². The van der Waals surface area contributed by atoms with Crippen molar-refractivity contribution < 1.29 is 14.4 Å². The summed E-state index contributed by atoms with van der Waals surface area (Å²) in [7, 11) is 0. The van der Waals surface area contributed by atoms with Crippen molar-refractivity contribution in [3.05, 3.63) is 72.4 Å². The van der Waals surface area contributed by atoms with E-state index in [1.165, 1.54) is 0 Å². The van der Waals surface area contributed by atoms with E-state index in [4.69, 9.17) is 11.5 Å². The van der Waals surface area contributed by atoms with Gasteiger partial charge in [-0.2, -0.15) is 0 Å². The van der Waals surface area contributed by atoms with Gasteiger partial charge in [-0.3, -0.25) is 19.4 Å². The first-order chi connectivity index (χ1) is 17.9. The summed E-state index contributed by atoms with van der Waals surface area (Å²) >= 11 is 0. The second-order valence-corrected chi connectivity index (χ2v) is 8.97. The maximum Gasteiger partial charge on any atom is 0.247 e. The van der Waals surface area contributed by atoms with E-state index in [0.717, 1.165) is 22.9 Å². The molecule has 9 heteroatoms. The zero-order chi connectivity index (χ0) is 26.6. The molecule has 0 saturated carbocycles. The minimum atomic E-state index is -1.08. The number of aryl methyl sites for hydroxylation is 1. The summed E-state index contributed by atoms with van der Waals surface area (Å²) in [6, 6.07) is 17.2. The summed E-state index contributed by atoms with van der Waals surface area (Å²) < 4.78 is 0. The van der Waals surface area contributed by atoms with Crippen molar-refractivity contribution >= 4 is 34.3 Å². The summed E-state index contributed by atoms with van der Waals surface area (Å²) in [4.78, 5) is 44.8. The first-order valence-electron chi connectivity index (χ1n) is 12.6. The van der Waals surface area contributed by atoms with Crippen LogP contribution in [0.1, 0.15) is 31.7 Å². The van der Waals surface area contributed by atoms with E-state index in [9.17, 15) is 14.4 Å². The minimum Gasteiger partial charge on any atom is -0.343 e. The van der Waals surface area contributed by atoms with Crippen molar-refractivity contribution in [2.75, 3.05) is 25.0 Å². The number of fused-ring (bicyclic) bond motifs is 1. The van der Waals surface area contributed by atoms with Crippen molar-refractivity contribution in [2.24, 2.45) is 11.5 Å². The average Bonchev–Trinajstić information content (AvgIpc) is 2.91. The molecule has 0 radical (unpaired) electrons. The molecule has 0 aliphatic carbocycles. The lowest BCUT2D eigenvalue weighted by Gasteiger charge is -2.24. The van der Waals surface area contributed by atoms with Crippen molar-refractivity contribution in [1.29, 1.82) is 0 Å². The highest BCUT2D eigenvalue weighted by Gasteiger charge is 2.26. The number of nitrogens with zero attached hydrogens (tertiary/aromatic N) is 2. The van der Waals surface area contributed by atoms with Crippen molar-refractivity contribution in [2.45, 2.75) is 44.7 Å². The first-order valence-corrected chi connectivity index (χ1v) is 12.6. The number of amides is 3. The van der Waals surface area contributed by atoms with Crippen LogP contribution in [0.15, 0.2) is 66.9 Å². The van der Waals surface area contributed by atoms with Gasteiger partial charge in [0.05, 0.1) is 29.9 Å². The molecule has 0 aliphatic rings. The normalized spacial score (nSPS) is 12.5. The lowest BCUT2D eigenvalue weighted by atomic mass is 10.0. The molecule has 3 amide bonds. The largest absolute Gasteiger partial charge is 0.343 e. The van der Waals surface area contributed by atoms with Gasteiger partial charge in [0.1, 0.15) is 6.04 Å². The molecule has 6 N–H and O–H groups in total. The quantitative estimate of drug-likeness (QED) is 0.281. The number of carbonyl (C=O) groups is 3. The summed E-state index contributed by atoms with van der Waals surface area (Å²) in [6.45, 7) is 3.25. The van der Waals surface area contributed by atoms with Gasteiger partial charge in [-0.25, -0.2) is 0 Å². The number of rotatable bonds is 13. The van der Waals surface area contributed by atoms with Crippen molar-refractivity contribution in [3.8, 4) is 0 Å². The van der Waals surface area contributed by atoms with E-state index >= 15 is 0 Å². The molecular weight excluding hydrogens is 468 g/mol. The van der Waals surface area contributed by atoms with Gasteiger partial charge in [-0.05, 0) is 37.0 Å². The van der Waals surface area contributed by atoms with E-state index in [-0.39, 0.29) is 18.2 Å². The zero-order valence-corrected chi connectivity index (χ0v) is 21.2. The highest BCUT2D eigenvalue weighted by molar-refractivity contribution is 5.99. The molecule has 0 fully saturated rings. The molecule has 2 aromatic carbocycles. The predicted octanol–water partition coefficient (Wildman–Crippen LogP) is 2.21. The van der Waals surface area contributed by atoms with Crippen LogP contribution in [0.3, 0.4) is 0 Å². The maximum absolute atomic E-state index is 13.2. The lowest BCUT2D eigenvalue weighted by molar-refractivity contribution is -0.134. The average molecular weight is 505 g/mol. The number of pyridine rings is 1. The molecule has 3 rings (SSSR count). The van der Waals surface area contributed by atoms with E-state index < -0.39 is 18.0 Å². The molecule has 0 bridgehead atoms. The van der Waals surface area contributed by atoms with Gasteiger partial charge in [0.15, 0.2) is 0 Å². The van der Waals surface area contributed by atoms with Crippen LogP contribution in [0.2, 0.25) is 0 Å². The molecule has 3 aromatic rings. The number of aromatic nitrogens is 1. The maximum atomic E-state index is 13.2. The fourth-order valence-electron chi connectivity index (χ4n) is 4.07. The Hall–Kier alpha value is -3.82. The molecule has 1 heterocycles. The summed E-state index contributed by atoms with van der Waals surface area (Å²) in [6.07, 6.45) is 3.13. The summed E-state index contributed by atoms with van der Waals surface area (Å²) in [5.41, 5.74) is 14.1. The number of nitrogens with two attached hydrogens (primary N) is 2. The van der Waals surface area contributed by atoms with Gasteiger partial charge < -0.3 is 27.0 Å². The molecule has 37 heavy (non-hydrogen) atoms. The van der Waals surface area contributed by atoms with Gasteiger partial charge in [-0.1, -0.05) is 55.5 Å². The Morgan fingerprint density at radius 1 is 1.00 bits per heavy atom. The molecular formula is C28H36N6O3.